The molecule has 0 spiro atoms. The van der Waals surface area contributed by atoms with Gasteiger partial charge in [0.05, 0.1) is 18.0 Å². The highest BCUT2D eigenvalue weighted by atomic mass is 32.2. The Morgan fingerprint density at radius 2 is 2.29 bits per heavy atom. The number of ketones is 1. The molecule has 2 fully saturated rings. The van der Waals surface area contributed by atoms with Crippen LogP contribution in [0.15, 0.2) is 0 Å². The van der Waals surface area contributed by atoms with Gasteiger partial charge in [0.2, 0.25) is 0 Å². The Balaban J connectivity index is 1.80. The Labute approximate surface area is 106 Å². The quantitative estimate of drug-likeness (QED) is 0.823. The molecule has 0 radical (unpaired) electrons. The number of aliphatic hydroxyl groups excluding tert-OH is 1. The Hall–Kier alpha value is -0.100. The number of rotatable bonds is 4. The van der Waals surface area contributed by atoms with Crippen LogP contribution in [0.1, 0.15) is 26.7 Å². The molecule has 1 heterocycles. The van der Waals surface area contributed by atoms with Crippen LogP contribution in [0.5, 0.6) is 0 Å². The second-order valence-corrected chi connectivity index (χ2v) is 6.33. The van der Waals surface area contributed by atoms with Gasteiger partial charge in [-0.3, -0.25) is 4.79 Å². The summed E-state index contributed by atoms with van der Waals surface area (Å²) in [6.45, 7) is 4.49. The third-order valence-corrected chi connectivity index (χ3v) is 4.84. The summed E-state index contributed by atoms with van der Waals surface area (Å²) >= 11 is 1.61. The molecule has 1 N–H and O–H groups in total. The van der Waals surface area contributed by atoms with Crippen LogP contribution in [-0.4, -0.2) is 47.0 Å². The zero-order chi connectivity index (χ0) is 12.5. The van der Waals surface area contributed by atoms with Crippen molar-refractivity contribution in [2.24, 2.45) is 5.92 Å². The first-order valence-electron chi connectivity index (χ1n) is 6.09. The van der Waals surface area contributed by atoms with Crippen molar-refractivity contribution in [2.75, 3.05) is 19.0 Å². The fraction of sp³-hybridized carbons (Fsp3) is 0.917. The van der Waals surface area contributed by atoms with Crippen molar-refractivity contribution in [3.63, 3.8) is 0 Å². The standard InChI is InChI=1S/C12H20O4S/c1-12(2)15-6-9(16-12)7-17-11-8(5-13)3-4-10(11)14/h8-9,11,13H,3-7H2,1-2H3/t8-,9?,11?/m0/s1. The summed E-state index contributed by atoms with van der Waals surface area (Å²) in [5.74, 6) is 0.660. The highest BCUT2D eigenvalue weighted by molar-refractivity contribution is 8.00. The monoisotopic (exact) mass is 260 g/mol. The molecule has 2 unspecified atom stereocenters. The van der Waals surface area contributed by atoms with Crippen LogP contribution in [0.2, 0.25) is 0 Å². The molecule has 0 aromatic carbocycles. The van der Waals surface area contributed by atoms with Crippen LogP contribution >= 0.6 is 11.8 Å². The summed E-state index contributed by atoms with van der Waals surface area (Å²) in [5.41, 5.74) is 0. The summed E-state index contributed by atoms with van der Waals surface area (Å²) in [6.07, 6.45) is 1.49. The average Bonchev–Trinajstić information content (AvgIpc) is 2.79. The van der Waals surface area contributed by atoms with Crippen molar-refractivity contribution in [1.29, 1.82) is 0 Å². The van der Waals surface area contributed by atoms with E-state index < -0.39 is 5.79 Å². The van der Waals surface area contributed by atoms with E-state index in [4.69, 9.17) is 9.47 Å². The Kier molecular flexibility index (Phi) is 4.13. The van der Waals surface area contributed by atoms with Gasteiger partial charge in [0.1, 0.15) is 5.78 Å². The smallest absolute Gasteiger partial charge is 0.163 e. The van der Waals surface area contributed by atoms with Gasteiger partial charge in [0, 0.05) is 24.7 Å². The van der Waals surface area contributed by atoms with Crippen molar-refractivity contribution >= 4 is 17.5 Å². The molecule has 0 aromatic heterocycles. The molecule has 4 nitrogen and oxygen atoms in total. The molecule has 3 atom stereocenters. The van der Waals surface area contributed by atoms with Crippen molar-refractivity contribution in [2.45, 2.75) is 43.8 Å². The number of carbonyl (C=O) groups excluding carboxylic acids is 1. The van der Waals surface area contributed by atoms with E-state index in [1.807, 2.05) is 13.8 Å². The van der Waals surface area contributed by atoms with E-state index in [9.17, 15) is 9.90 Å². The highest BCUT2D eigenvalue weighted by Crippen LogP contribution is 2.34. The Morgan fingerprint density at radius 1 is 1.53 bits per heavy atom. The molecule has 0 aromatic rings. The van der Waals surface area contributed by atoms with E-state index in [1.165, 1.54) is 0 Å². The number of hydrogen-bond donors (Lipinski definition) is 1. The predicted octanol–water partition coefficient (Wildman–Crippen LogP) is 1.21. The lowest BCUT2D eigenvalue weighted by molar-refractivity contribution is -0.135. The van der Waals surface area contributed by atoms with Crippen molar-refractivity contribution in [3.05, 3.63) is 0 Å². The van der Waals surface area contributed by atoms with E-state index in [0.717, 1.165) is 12.2 Å². The summed E-state index contributed by atoms with van der Waals surface area (Å²) in [7, 11) is 0. The topological polar surface area (TPSA) is 55.8 Å². The molecular formula is C12H20O4S. The first kappa shape index (κ1) is 13.3. The van der Waals surface area contributed by atoms with Gasteiger partial charge in [0.15, 0.2) is 5.79 Å². The molecule has 2 aliphatic rings. The molecule has 17 heavy (non-hydrogen) atoms. The lowest BCUT2D eigenvalue weighted by Gasteiger charge is -2.19. The van der Waals surface area contributed by atoms with E-state index in [-0.39, 0.29) is 29.7 Å². The second-order valence-electron chi connectivity index (χ2n) is 5.15. The van der Waals surface area contributed by atoms with Gasteiger partial charge in [0.25, 0.3) is 0 Å². The maximum absolute atomic E-state index is 11.7. The number of Topliss-reactive ketones (excluding diaryl/α,β-unsaturated/α-hetero) is 1. The second kappa shape index (κ2) is 5.26. The number of hydrogen-bond acceptors (Lipinski definition) is 5. The molecule has 5 heteroatoms. The minimum atomic E-state index is -0.499. The SMILES string of the molecule is CC1(C)OCC(CSC2C(=O)CC[C@H]2CO)O1. The molecule has 1 saturated carbocycles. The van der Waals surface area contributed by atoms with Crippen LogP contribution < -0.4 is 0 Å². The van der Waals surface area contributed by atoms with Gasteiger partial charge in [-0.1, -0.05) is 0 Å². The van der Waals surface area contributed by atoms with Gasteiger partial charge in [-0.2, -0.15) is 0 Å². The molecule has 1 aliphatic carbocycles. The first-order chi connectivity index (χ1) is 8.02. The van der Waals surface area contributed by atoms with Gasteiger partial charge in [-0.05, 0) is 20.3 Å². The largest absolute Gasteiger partial charge is 0.396 e. The van der Waals surface area contributed by atoms with Crippen LogP contribution in [0.25, 0.3) is 0 Å². The van der Waals surface area contributed by atoms with E-state index >= 15 is 0 Å². The maximum atomic E-state index is 11.7. The van der Waals surface area contributed by atoms with Gasteiger partial charge in [-0.15, -0.1) is 11.8 Å². The van der Waals surface area contributed by atoms with Gasteiger partial charge in [-0.25, -0.2) is 0 Å². The van der Waals surface area contributed by atoms with Crippen molar-refractivity contribution in [3.8, 4) is 0 Å². The molecule has 0 bridgehead atoms. The molecular weight excluding hydrogens is 240 g/mol. The van der Waals surface area contributed by atoms with Crippen molar-refractivity contribution in [1.82, 2.24) is 0 Å². The molecule has 98 valence electrons. The number of aliphatic hydroxyl groups is 1. The lowest BCUT2D eigenvalue weighted by atomic mass is 10.1. The predicted molar refractivity (Wildman–Crippen MR) is 66.0 cm³/mol. The molecule has 1 aliphatic heterocycles. The molecule has 1 saturated heterocycles. The van der Waals surface area contributed by atoms with Gasteiger partial charge < -0.3 is 14.6 Å². The minimum absolute atomic E-state index is 0.0488. The third-order valence-electron chi connectivity index (χ3n) is 3.27. The van der Waals surface area contributed by atoms with Crippen LogP contribution in [0.4, 0.5) is 0 Å². The van der Waals surface area contributed by atoms with Crippen LogP contribution in [0, 0.1) is 5.92 Å². The number of ether oxygens (including phenoxy) is 2. The summed E-state index contributed by atoms with van der Waals surface area (Å²) in [5, 5.41) is 9.16. The van der Waals surface area contributed by atoms with Gasteiger partial charge >= 0.3 is 0 Å². The maximum Gasteiger partial charge on any atom is 0.163 e. The summed E-state index contributed by atoms with van der Waals surface area (Å²) < 4.78 is 11.2. The Morgan fingerprint density at radius 3 is 2.88 bits per heavy atom. The number of thioether (sulfide) groups is 1. The molecule has 2 rings (SSSR count). The van der Waals surface area contributed by atoms with Crippen LogP contribution in [0.3, 0.4) is 0 Å². The van der Waals surface area contributed by atoms with E-state index in [2.05, 4.69) is 0 Å². The zero-order valence-corrected chi connectivity index (χ0v) is 11.2. The van der Waals surface area contributed by atoms with Crippen LogP contribution in [-0.2, 0) is 14.3 Å². The first-order valence-corrected chi connectivity index (χ1v) is 7.13. The molecule has 0 amide bonds. The third kappa shape index (κ3) is 3.22. The lowest BCUT2D eigenvalue weighted by Crippen LogP contribution is -2.26. The highest BCUT2D eigenvalue weighted by Gasteiger charge is 2.37. The van der Waals surface area contributed by atoms with E-state index in [1.54, 1.807) is 11.8 Å². The van der Waals surface area contributed by atoms with E-state index in [0.29, 0.717) is 13.0 Å². The number of carbonyl (C=O) groups is 1. The zero-order valence-electron chi connectivity index (χ0n) is 10.3. The summed E-state index contributed by atoms with van der Waals surface area (Å²) in [6, 6.07) is 0. The normalized spacial score (nSPS) is 36.6. The fourth-order valence-electron chi connectivity index (χ4n) is 2.36. The summed E-state index contributed by atoms with van der Waals surface area (Å²) in [4.78, 5) is 11.7. The average molecular weight is 260 g/mol. The fourth-order valence-corrected chi connectivity index (χ4v) is 3.74. The Bertz CT molecular complexity index is 292. The van der Waals surface area contributed by atoms with Crippen molar-refractivity contribution < 1.29 is 19.4 Å². The minimum Gasteiger partial charge on any atom is -0.396 e.